The second-order valence-corrected chi connectivity index (χ2v) is 8.81. The van der Waals surface area contributed by atoms with Crippen LogP contribution in [0.25, 0.3) is 33.6 Å². The molecule has 0 radical (unpaired) electrons. The molecule has 2 aromatic heterocycles. The molecule has 0 aliphatic heterocycles. The summed E-state index contributed by atoms with van der Waals surface area (Å²) >= 11 is 0. The molecule has 38 heavy (non-hydrogen) atoms. The van der Waals surface area contributed by atoms with Gasteiger partial charge in [0, 0.05) is 11.1 Å². The first-order valence-electron chi connectivity index (χ1n) is 12.5. The molecule has 0 saturated heterocycles. The highest BCUT2D eigenvalue weighted by molar-refractivity contribution is 5.87. The molecule has 0 fully saturated rings. The molecular weight excluding hydrogens is 472 g/mol. The zero-order chi connectivity index (χ0) is 25.6. The number of nitrogens with zero attached hydrogens (tertiary/aromatic N) is 4. The Morgan fingerprint density at radius 1 is 0.447 bits per heavy atom. The van der Waals surface area contributed by atoms with Crippen molar-refractivity contribution in [3.05, 3.63) is 145 Å². The summed E-state index contributed by atoms with van der Waals surface area (Å²) in [7, 11) is 0. The van der Waals surface area contributed by atoms with Crippen LogP contribution in [-0.2, 0) is 13.2 Å². The zero-order valence-corrected chi connectivity index (χ0v) is 20.7. The fourth-order valence-electron chi connectivity index (χ4n) is 4.37. The van der Waals surface area contributed by atoms with Crippen LogP contribution in [0.5, 0.6) is 0 Å². The van der Waals surface area contributed by atoms with E-state index in [0.29, 0.717) is 13.2 Å². The van der Waals surface area contributed by atoms with Crippen LogP contribution >= 0.6 is 0 Å². The van der Waals surface area contributed by atoms with Gasteiger partial charge in [0.25, 0.3) is 0 Å². The van der Waals surface area contributed by atoms with E-state index < -0.39 is 0 Å². The molecule has 6 nitrogen and oxygen atoms in total. The summed E-state index contributed by atoms with van der Waals surface area (Å²) in [6.07, 6.45) is 3.66. The van der Waals surface area contributed by atoms with E-state index in [1.54, 1.807) is 9.69 Å². The number of hydrogen-bond donors (Lipinski definition) is 0. The van der Waals surface area contributed by atoms with Gasteiger partial charge >= 0.3 is 0 Å². The van der Waals surface area contributed by atoms with Gasteiger partial charge in [-0.15, -0.1) is 10.2 Å². The van der Waals surface area contributed by atoms with Crippen molar-refractivity contribution in [2.24, 2.45) is 0 Å². The molecule has 6 heteroatoms. The summed E-state index contributed by atoms with van der Waals surface area (Å²) in [5.41, 5.74) is 7.49. The first kappa shape index (κ1) is 23.3. The van der Waals surface area contributed by atoms with E-state index in [0.717, 1.165) is 44.8 Å². The third-order valence-electron chi connectivity index (χ3n) is 6.26. The van der Waals surface area contributed by atoms with Crippen LogP contribution in [0.1, 0.15) is 11.1 Å². The maximum absolute atomic E-state index is 6.27. The van der Waals surface area contributed by atoms with E-state index in [-0.39, 0.29) is 0 Å². The molecule has 0 saturated carbocycles. The summed E-state index contributed by atoms with van der Waals surface area (Å²) < 4.78 is 0. The van der Waals surface area contributed by atoms with Gasteiger partial charge in [0.15, 0.2) is 0 Å². The molecule has 4 aromatic carbocycles. The Bertz CT molecular complexity index is 1470. The van der Waals surface area contributed by atoms with Crippen LogP contribution < -0.4 is 9.68 Å². The summed E-state index contributed by atoms with van der Waals surface area (Å²) in [4.78, 5) is 15.7. The first-order chi connectivity index (χ1) is 18.9. The molecule has 0 aliphatic rings. The van der Waals surface area contributed by atoms with Crippen molar-refractivity contribution >= 4 is 0 Å². The van der Waals surface area contributed by atoms with Crippen molar-refractivity contribution in [3.8, 4) is 33.6 Å². The van der Waals surface area contributed by atoms with Gasteiger partial charge in [0.2, 0.25) is 0 Å². The SMILES string of the molecule is c1ccc(COn2ncc(-c3ccccc3)c2-c2c(-c3ccccc3)cnn2OCc2ccccc2)cc1. The average molecular weight is 499 g/mol. The molecular formula is C32H26N4O2. The molecule has 186 valence electrons. The van der Waals surface area contributed by atoms with Crippen molar-refractivity contribution in [2.75, 3.05) is 0 Å². The molecule has 0 bridgehead atoms. The molecule has 6 aromatic rings. The van der Waals surface area contributed by atoms with E-state index in [1.807, 2.05) is 109 Å². The standard InChI is InChI=1S/C32H26N4O2/c1-5-13-25(14-6-1)23-37-35-31(29(21-33-35)27-17-9-3-10-18-27)32-30(28-19-11-4-12-20-28)22-34-36(32)38-24-26-15-7-2-8-16-26/h1-22H,23-24H2. The van der Waals surface area contributed by atoms with Crippen LogP contribution in [0.2, 0.25) is 0 Å². The highest BCUT2D eigenvalue weighted by Crippen LogP contribution is 2.37. The Kier molecular flexibility index (Phi) is 6.68. The van der Waals surface area contributed by atoms with E-state index in [9.17, 15) is 0 Å². The highest BCUT2D eigenvalue weighted by atomic mass is 16.7. The Labute approximate surface area is 221 Å². The van der Waals surface area contributed by atoms with Crippen molar-refractivity contribution < 1.29 is 9.68 Å². The van der Waals surface area contributed by atoms with Gasteiger partial charge in [-0.05, 0) is 22.3 Å². The monoisotopic (exact) mass is 498 g/mol. The van der Waals surface area contributed by atoms with E-state index in [1.165, 1.54) is 0 Å². The van der Waals surface area contributed by atoms with Crippen molar-refractivity contribution in [2.45, 2.75) is 13.2 Å². The first-order valence-corrected chi connectivity index (χ1v) is 12.5. The van der Waals surface area contributed by atoms with Crippen LogP contribution in [0, 0.1) is 0 Å². The van der Waals surface area contributed by atoms with Crippen molar-refractivity contribution in [1.82, 2.24) is 19.9 Å². The van der Waals surface area contributed by atoms with Crippen molar-refractivity contribution in [3.63, 3.8) is 0 Å². The van der Waals surface area contributed by atoms with Gasteiger partial charge in [-0.25, -0.2) is 0 Å². The lowest BCUT2D eigenvalue weighted by Gasteiger charge is -2.15. The topological polar surface area (TPSA) is 54.1 Å². The minimum Gasteiger partial charge on any atom is -0.391 e. The average Bonchev–Trinajstić information content (AvgIpc) is 3.60. The number of benzene rings is 4. The minimum absolute atomic E-state index is 0.365. The fraction of sp³-hybridized carbons (Fsp3) is 0.0625. The smallest absolute Gasteiger partial charge is 0.142 e. The molecule has 0 unspecified atom stereocenters. The third-order valence-corrected chi connectivity index (χ3v) is 6.26. The number of hydrogen-bond acceptors (Lipinski definition) is 4. The Balaban J connectivity index is 1.48. The molecule has 0 N–H and O–H groups in total. The van der Waals surface area contributed by atoms with Crippen LogP contribution in [0.15, 0.2) is 134 Å². The van der Waals surface area contributed by atoms with E-state index in [4.69, 9.17) is 9.68 Å². The van der Waals surface area contributed by atoms with E-state index in [2.05, 4.69) is 34.5 Å². The summed E-state index contributed by atoms with van der Waals surface area (Å²) in [5, 5.41) is 9.31. The Hall–Kier alpha value is -5.10. The lowest BCUT2D eigenvalue weighted by atomic mass is 10.00. The molecule has 0 aliphatic carbocycles. The fourth-order valence-corrected chi connectivity index (χ4v) is 4.37. The largest absolute Gasteiger partial charge is 0.391 e. The molecule has 0 amide bonds. The Morgan fingerprint density at radius 2 is 0.789 bits per heavy atom. The molecule has 6 rings (SSSR count). The second-order valence-electron chi connectivity index (χ2n) is 8.81. The Morgan fingerprint density at radius 3 is 1.16 bits per heavy atom. The molecule has 2 heterocycles. The number of aromatic nitrogens is 4. The minimum atomic E-state index is 0.365. The van der Waals surface area contributed by atoms with Gasteiger partial charge in [0.1, 0.15) is 24.6 Å². The zero-order valence-electron chi connectivity index (χ0n) is 20.7. The summed E-state index contributed by atoms with van der Waals surface area (Å²) in [6, 6.07) is 40.4. The second kappa shape index (κ2) is 10.9. The molecule has 0 spiro atoms. The quantitative estimate of drug-likeness (QED) is 0.233. The van der Waals surface area contributed by atoms with Gasteiger partial charge in [0.05, 0.1) is 12.4 Å². The lowest BCUT2D eigenvalue weighted by Crippen LogP contribution is -2.19. The summed E-state index contributed by atoms with van der Waals surface area (Å²) in [6.45, 7) is 0.729. The summed E-state index contributed by atoms with van der Waals surface area (Å²) in [5.74, 6) is 0. The normalized spacial score (nSPS) is 10.8. The molecule has 0 atom stereocenters. The predicted octanol–water partition coefficient (Wildman–Crippen LogP) is 6.34. The van der Waals surface area contributed by atoms with Crippen molar-refractivity contribution in [1.29, 1.82) is 0 Å². The van der Waals surface area contributed by atoms with E-state index >= 15 is 0 Å². The van der Waals surface area contributed by atoms with Gasteiger partial charge in [-0.2, -0.15) is 0 Å². The maximum atomic E-state index is 6.27. The highest BCUT2D eigenvalue weighted by Gasteiger charge is 2.25. The lowest BCUT2D eigenvalue weighted by molar-refractivity contribution is 0.0621. The predicted molar refractivity (Wildman–Crippen MR) is 148 cm³/mol. The van der Waals surface area contributed by atoms with Gasteiger partial charge < -0.3 is 9.68 Å². The third kappa shape index (κ3) is 4.92. The van der Waals surface area contributed by atoms with Gasteiger partial charge in [-0.3, -0.25) is 0 Å². The number of rotatable bonds is 9. The van der Waals surface area contributed by atoms with Crippen LogP contribution in [-0.4, -0.2) is 19.9 Å². The van der Waals surface area contributed by atoms with Crippen LogP contribution in [0.4, 0.5) is 0 Å². The maximum Gasteiger partial charge on any atom is 0.142 e. The van der Waals surface area contributed by atoms with Gasteiger partial charge in [-0.1, -0.05) is 131 Å². The van der Waals surface area contributed by atoms with Crippen LogP contribution in [0.3, 0.4) is 0 Å².